The summed E-state index contributed by atoms with van der Waals surface area (Å²) < 4.78 is 0. The Hall–Kier alpha value is -0.830. The predicted molar refractivity (Wildman–Crippen MR) is 36.5 cm³/mol. The molecule has 3 nitrogen and oxygen atoms in total. The fraction of sp³-hybridized carbons (Fsp3) is 0.571. The maximum absolute atomic E-state index is 8.73. The molecule has 0 spiro atoms. The molecule has 0 bridgehead atoms. The summed E-state index contributed by atoms with van der Waals surface area (Å²) >= 11 is 0. The molecule has 0 radical (unpaired) electrons. The number of nitrogens with zero attached hydrogens (tertiary/aromatic N) is 1. The third-order valence-electron chi connectivity index (χ3n) is 2.03. The first-order valence-electron chi connectivity index (χ1n) is 3.52. The van der Waals surface area contributed by atoms with Crippen molar-refractivity contribution in [2.75, 3.05) is 6.61 Å². The van der Waals surface area contributed by atoms with E-state index < -0.39 is 0 Å². The Morgan fingerprint density at radius 1 is 1.80 bits per heavy atom. The van der Waals surface area contributed by atoms with Crippen molar-refractivity contribution >= 4 is 0 Å². The Morgan fingerprint density at radius 2 is 2.70 bits per heavy atom. The first kappa shape index (κ1) is 5.92. The number of hydrogen-bond acceptors (Lipinski definition) is 2. The van der Waals surface area contributed by atoms with E-state index in [-0.39, 0.29) is 0 Å². The highest BCUT2D eigenvalue weighted by Crippen LogP contribution is 2.45. The largest absolute Gasteiger partial charge is 0.396 e. The number of aliphatic hydroxyl groups is 1. The van der Waals surface area contributed by atoms with E-state index in [1.807, 2.05) is 6.20 Å². The van der Waals surface area contributed by atoms with Crippen LogP contribution in [-0.4, -0.2) is 21.7 Å². The molecule has 1 aliphatic rings. The van der Waals surface area contributed by atoms with Gasteiger partial charge in [-0.05, 0) is 12.3 Å². The van der Waals surface area contributed by atoms with Crippen molar-refractivity contribution in [1.29, 1.82) is 0 Å². The van der Waals surface area contributed by atoms with E-state index >= 15 is 0 Å². The molecular weight excluding hydrogens is 128 g/mol. The predicted octanol–water partition coefficient (Wildman–Crippen LogP) is 0.505. The van der Waals surface area contributed by atoms with Crippen molar-refractivity contribution in [2.24, 2.45) is 5.92 Å². The Bertz CT molecular complexity index is 207. The summed E-state index contributed by atoms with van der Waals surface area (Å²) in [4.78, 5) is 7.15. The van der Waals surface area contributed by atoms with Crippen molar-refractivity contribution in [3.63, 3.8) is 0 Å². The first-order chi connectivity index (χ1) is 4.92. The Morgan fingerprint density at radius 3 is 3.20 bits per heavy atom. The quantitative estimate of drug-likeness (QED) is 0.625. The lowest BCUT2D eigenvalue weighted by atomic mass is 10.3. The summed E-state index contributed by atoms with van der Waals surface area (Å²) in [7, 11) is 0. The van der Waals surface area contributed by atoms with Crippen LogP contribution in [0.4, 0.5) is 0 Å². The van der Waals surface area contributed by atoms with Crippen LogP contribution >= 0.6 is 0 Å². The molecule has 1 aromatic heterocycles. The van der Waals surface area contributed by atoms with Crippen LogP contribution in [0.25, 0.3) is 0 Å². The van der Waals surface area contributed by atoms with Gasteiger partial charge in [0.2, 0.25) is 0 Å². The third kappa shape index (κ3) is 0.827. The number of aromatic amines is 1. The van der Waals surface area contributed by atoms with Gasteiger partial charge in [-0.25, -0.2) is 4.98 Å². The van der Waals surface area contributed by atoms with E-state index in [0.717, 1.165) is 12.2 Å². The number of rotatable bonds is 2. The molecule has 2 atom stereocenters. The summed E-state index contributed by atoms with van der Waals surface area (Å²) in [5.74, 6) is 1.99. The van der Waals surface area contributed by atoms with E-state index in [2.05, 4.69) is 9.97 Å². The molecule has 0 saturated heterocycles. The van der Waals surface area contributed by atoms with E-state index in [1.54, 1.807) is 6.20 Å². The van der Waals surface area contributed by atoms with Crippen molar-refractivity contribution < 1.29 is 5.11 Å². The average Bonchev–Trinajstić information content (AvgIpc) is 2.56. The van der Waals surface area contributed by atoms with Crippen molar-refractivity contribution in [2.45, 2.75) is 12.3 Å². The highest BCUT2D eigenvalue weighted by molar-refractivity contribution is 5.09. The van der Waals surface area contributed by atoms with Gasteiger partial charge >= 0.3 is 0 Å². The van der Waals surface area contributed by atoms with Gasteiger partial charge in [0.25, 0.3) is 0 Å². The maximum atomic E-state index is 8.73. The van der Waals surface area contributed by atoms with Crippen LogP contribution in [-0.2, 0) is 0 Å². The zero-order valence-corrected chi connectivity index (χ0v) is 5.62. The molecule has 2 N–H and O–H groups in total. The monoisotopic (exact) mass is 138 g/mol. The molecule has 1 aromatic rings. The molecule has 0 aromatic carbocycles. The second-order valence-corrected chi connectivity index (χ2v) is 2.76. The summed E-state index contributed by atoms with van der Waals surface area (Å²) in [5.41, 5.74) is 0. The van der Waals surface area contributed by atoms with Gasteiger partial charge < -0.3 is 10.1 Å². The van der Waals surface area contributed by atoms with Crippen LogP contribution < -0.4 is 0 Å². The minimum absolute atomic E-state index is 0.297. The molecule has 1 fully saturated rings. The average molecular weight is 138 g/mol. The van der Waals surface area contributed by atoms with Gasteiger partial charge in [-0.2, -0.15) is 0 Å². The number of nitrogens with one attached hydrogen (secondary N) is 1. The highest BCUT2D eigenvalue weighted by Gasteiger charge is 2.39. The summed E-state index contributed by atoms with van der Waals surface area (Å²) in [6, 6.07) is 0. The summed E-state index contributed by atoms with van der Waals surface area (Å²) in [6.07, 6.45) is 4.66. The van der Waals surface area contributed by atoms with Gasteiger partial charge in [-0.3, -0.25) is 0 Å². The molecule has 2 rings (SSSR count). The minimum atomic E-state index is 0.297. The van der Waals surface area contributed by atoms with Gasteiger partial charge in [0.1, 0.15) is 5.82 Å². The smallest absolute Gasteiger partial charge is 0.109 e. The number of H-pyrrole nitrogens is 1. The fourth-order valence-corrected chi connectivity index (χ4v) is 1.26. The Labute approximate surface area is 59.1 Å². The Kier molecular flexibility index (Phi) is 1.24. The highest BCUT2D eigenvalue weighted by atomic mass is 16.3. The van der Waals surface area contributed by atoms with Crippen LogP contribution in [0.5, 0.6) is 0 Å². The lowest BCUT2D eigenvalue weighted by Gasteiger charge is -1.89. The molecule has 0 unspecified atom stereocenters. The molecule has 3 heteroatoms. The first-order valence-corrected chi connectivity index (χ1v) is 3.52. The van der Waals surface area contributed by atoms with E-state index in [4.69, 9.17) is 5.11 Å². The molecule has 1 saturated carbocycles. The molecule has 0 amide bonds. The topological polar surface area (TPSA) is 48.9 Å². The third-order valence-corrected chi connectivity index (χ3v) is 2.03. The number of imidazole rings is 1. The maximum Gasteiger partial charge on any atom is 0.109 e. The standard InChI is InChI=1S/C7H10N2O/c10-4-5-3-6(5)7-8-1-2-9-7/h1-2,5-6,10H,3-4H2,(H,8,9)/t5-,6+/m0/s1. The molecular formula is C7H10N2O. The van der Waals surface area contributed by atoms with Crippen molar-refractivity contribution in [1.82, 2.24) is 9.97 Å². The molecule has 0 aliphatic heterocycles. The lowest BCUT2D eigenvalue weighted by molar-refractivity contribution is 0.273. The van der Waals surface area contributed by atoms with Gasteiger partial charge in [-0.1, -0.05) is 0 Å². The second-order valence-electron chi connectivity index (χ2n) is 2.76. The van der Waals surface area contributed by atoms with E-state index in [0.29, 0.717) is 18.4 Å². The van der Waals surface area contributed by atoms with Gasteiger partial charge in [0.05, 0.1) is 0 Å². The zero-order chi connectivity index (χ0) is 6.97. The molecule has 10 heavy (non-hydrogen) atoms. The van der Waals surface area contributed by atoms with Crippen LogP contribution in [0.15, 0.2) is 12.4 Å². The Balaban J connectivity index is 2.05. The van der Waals surface area contributed by atoms with Crippen LogP contribution in [0.1, 0.15) is 18.2 Å². The normalized spacial score (nSPS) is 30.5. The number of aromatic nitrogens is 2. The fourth-order valence-electron chi connectivity index (χ4n) is 1.26. The zero-order valence-electron chi connectivity index (χ0n) is 5.62. The van der Waals surface area contributed by atoms with Crippen LogP contribution in [0.3, 0.4) is 0 Å². The van der Waals surface area contributed by atoms with Gasteiger partial charge in [0.15, 0.2) is 0 Å². The number of hydrogen-bond donors (Lipinski definition) is 2. The van der Waals surface area contributed by atoms with Crippen LogP contribution in [0.2, 0.25) is 0 Å². The van der Waals surface area contributed by atoms with Crippen molar-refractivity contribution in [3.8, 4) is 0 Å². The minimum Gasteiger partial charge on any atom is -0.396 e. The molecule has 1 aliphatic carbocycles. The molecule has 1 heterocycles. The van der Waals surface area contributed by atoms with E-state index in [9.17, 15) is 0 Å². The molecule has 54 valence electrons. The lowest BCUT2D eigenvalue weighted by Crippen LogP contribution is -1.89. The SMILES string of the molecule is OC[C@@H]1C[C@H]1c1ncc[nH]1. The number of aliphatic hydroxyl groups excluding tert-OH is 1. The summed E-state index contributed by atoms with van der Waals surface area (Å²) in [5, 5.41) is 8.73. The van der Waals surface area contributed by atoms with Crippen molar-refractivity contribution in [3.05, 3.63) is 18.2 Å². The summed E-state index contributed by atoms with van der Waals surface area (Å²) in [6.45, 7) is 0.297. The van der Waals surface area contributed by atoms with E-state index in [1.165, 1.54) is 0 Å². The second kappa shape index (κ2) is 2.09. The van der Waals surface area contributed by atoms with Gasteiger partial charge in [0, 0.05) is 24.9 Å². The van der Waals surface area contributed by atoms with Crippen LogP contribution in [0, 0.1) is 5.92 Å². The van der Waals surface area contributed by atoms with Gasteiger partial charge in [-0.15, -0.1) is 0 Å².